The van der Waals surface area contributed by atoms with Crippen LogP contribution in [-0.2, 0) is 6.54 Å². The van der Waals surface area contributed by atoms with E-state index in [1.807, 2.05) is 65.5 Å². The van der Waals surface area contributed by atoms with Crippen LogP contribution in [0.25, 0.3) is 10.8 Å². The lowest BCUT2D eigenvalue weighted by Crippen LogP contribution is -2.19. The summed E-state index contributed by atoms with van der Waals surface area (Å²) in [4.78, 5) is 0. The number of benzene rings is 3. The van der Waals surface area contributed by atoms with Gasteiger partial charge in [0.05, 0.1) is 6.54 Å². The Bertz CT molecular complexity index is 1100. The molecule has 6 heteroatoms. The summed E-state index contributed by atoms with van der Waals surface area (Å²) in [6, 6.07) is 23.9. The first kappa shape index (κ1) is 17.5. The van der Waals surface area contributed by atoms with Crippen LogP contribution in [0.15, 0.2) is 79.0 Å². The predicted octanol–water partition coefficient (Wildman–Crippen LogP) is 5.55. The largest absolute Gasteiger partial charge is 0.332 e. The number of hydrogen-bond acceptors (Lipinski definition) is 2. The van der Waals surface area contributed by atoms with Gasteiger partial charge in [-0.15, -0.1) is 0 Å². The molecule has 0 spiro atoms. The standard InChI is InChI=1S/C21H17ClN4S/c22-17-8-3-5-15(13-17)14-26-12-11-20(25-26)24-21(27)23-19-10-4-7-16-6-1-2-9-18(16)19/h1-13H,14H2,(H2,23,24,25,27). The van der Waals surface area contributed by atoms with Crippen molar-refractivity contribution in [3.63, 3.8) is 0 Å². The van der Waals surface area contributed by atoms with Crippen LogP contribution in [0.5, 0.6) is 0 Å². The quantitative estimate of drug-likeness (QED) is 0.447. The van der Waals surface area contributed by atoms with E-state index in [1.165, 1.54) is 0 Å². The Morgan fingerprint density at radius 1 is 0.963 bits per heavy atom. The summed E-state index contributed by atoms with van der Waals surface area (Å²) < 4.78 is 1.84. The fourth-order valence-electron chi connectivity index (χ4n) is 2.94. The highest BCUT2D eigenvalue weighted by Crippen LogP contribution is 2.23. The second kappa shape index (κ2) is 7.78. The van der Waals surface area contributed by atoms with Gasteiger partial charge in [0.25, 0.3) is 0 Å². The Balaban J connectivity index is 1.43. The second-order valence-electron chi connectivity index (χ2n) is 6.13. The van der Waals surface area contributed by atoms with Crippen molar-refractivity contribution in [2.45, 2.75) is 6.54 Å². The van der Waals surface area contributed by atoms with E-state index >= 15 is 0 Å². The minimum absolute atomic E-state index is 0.499. The van der Waals surface area contributed by atoms with Gasteiger partial charge in [-0.3, -0.25) is 4.68 Å². The first-order valence-electron chi connectivity index (χ1n) is 8.51. The molecule has 0 unspecified atom stereocenters. The van der Waals surface area contributed by atoms with E-state index < -0.39 is 0 Å². The number of hydrogen-bond donors (Lipinski definition) is 2. The van der Waals surface area contributed by atoms with Gasteiger partial charge in [-0.2, -0.15) is 5.10 Å². The Morgan fingerprint density at radius 2 is 1.78 bits per heavy atom. The van der Waals surface area contributed by atoms with Crippen molar-refractivity contribution >= 4 is 51.2 Å². The van der Waals surface area contributed by atoms with Crippen LogP contribution in [0.3, 0.4) is 0 Å². The number of thiocarbonyl (C=S) groups is 1. The van der Waals surface area contributed by atoms with Gasteiger partial charge in [-0.1, -0.05) is 60.1 Å². The van der Waals surface area contributed by atoms with Crippen LogP contribution >= 0.6 is 23.8 Å². The second-order valence-corrected chi connectivity index (χ2v) is 6.98. The average Bonchev–Trinajstić information content (AvgIpc) is 3.08. The smallest absolute Gasteiger partial charge is 0.176 e. The summed E-state index contributed by atoms with van der Waals surface area (Å²) in [6.45, 7) is 0.645. The van der Waals surface area contributed by atoms with E-state index in [2.05, 4.69) is 33.9 Å². The maximum absolute atomic E-state index is 6.04. The van der Waals surface area contributed by atoms with E-state index in [0.29, 0.717) is 17.5 Å². The summed E-state index contributed by atoms with van der Waals surface area (Å²) in [6.07, 6.45) is 1.91. The molecule has 0 radical (unpaired) electrons. The number of fused-ring (bicyclic) bond motifs is 1. The van der Waals surface area contributed by atoms with Crippen molar-refractivity contribution in [3.05, 3.63) is 89.6 Å². The number of nitrogens with one attached hydrogen (secondary N) is 2. The first-order chi connectivity index (χ1) is 13.2. The van der Waals surface area contributed by atoms with Gasteiger partial charge in [0.2, 0.25) is 0 Å². The number of anilines is 2. The summed E-state index contributed by atoms with van der Waals surface area (Å²) in [5.74, 6) is 0.690. The zero-order valence-electron chi connectivity index (χ0n) is 14.4. The van der Waals surface area contributed by atoms with Crippen molar-refractivity contribution in [2.24, 2.45) is 0 Å². The van der Waals surface area contributed by atoms with Crippen molar-refractivity contribution in [2.75, 3.05) is 10.6 Å². The molecule has 27 heavy (non-hydrogen) atoms. The highest BCUT2D eigenvalue weighted by Gasteiger charge is 2.05. The summed E-state index contributed by atoms with van der Waals surface area (Å²) in [5, 5.41) is 14.4. The van der Waals surface area contributed by atoms with Crippen molar-refractivity contribution in [1.82, 2.24) is 9.78 Å². The maximum Gasteiger partial charge on any atom is 0.176 e. The lowest BCUT2D eigenvalue weighted by atomic mass is 10.1. The third kappa shape index (κ3) is 4.27. The minimum atomic E-state index is 0.499. The van der Waals surface area contributed by atoms with Crippen LogP contribution in [0.2, 0.25) is 5.02 Å². The molecule has 4 aromatic rings. The number of nitrogens with zero attached hydrogens (tertiary/aromatic N) is 2. The van der Waals surface area contributed by atoms with E-state index in [1.54, 1.807) is 0 Å². The lowest BCUT2D eigenvalue weighted by Gasteiger charge is -2.11. The first-order valence-corrected chi connectivity index (χ1v) is 9.30. The summed E-state index contributed by atoms with van der Waals surface area (Å²) in [5.41, 5.74) is 2.05. The molecular formula is C21H17ClN4S. The third-order valence-electron chi connectivity index (χ3n) is 4.15. The van der Waals surface area contributed by atoms with Crippen molar-refractivity contribution in [3.8, 4) is 0 Å². The van der Waals surface area contributed by atoms with E-state index in [4.69, 9.17) is 23.8 Å². The fraction of sp³-hybridized carbons (Fsp3) is 0.0476. The molecule has 134 valence electrons. The molecule has 2 N–H and O–H groups in total. The van der Waals surface area contributed by atoms with E-state index in [0.717, 1.165) is 27.0 Å². The van der Waals surface area contributed by atoms with Crippen LogP contribution in [0.4, 0.5) is 11.5 Å². The molecule has 0 saturated carbocycles. The molecule has 0 bridgehead atoms. The molecule has 3 aromatic carbocycles. The highest BCUT2D eigenvalue weighted by atomic mass is 35.5. The van der Waals surface area contributed by atoms with Crippen LogP contribution in [0, 0.1) is 0 Å². The Morgan fingerprint density at radius 3 is 2.67 bits per heavy atom. The molecule has 4 rings (SSSR count). The fourth-order valence-corrected chi connectivity index (χ4v) is 3.37. The Kier molecular flexibility index (Phi) is 5.05. The maximum atomic E-state index is 6.04. The lowest BCUT2D eigenvalue weighted by molar-refractivity contribution is 0.690. The molecule has 0 aliphatic heterocycles. The number of aromatic nitrogens is 2. The van der Waals surface area contributed by atoms with Crippen molar-refractivity contribution in [1.29, 1.82) is 0 Å². The normalized spacial score (nSPS) is 10.7. The van der Waals surface area contributed by atoms with E-state index in [-0.39, 0.29) is 0 Å². The molecular weight excluding hydrogens is 376 g/mol. The van der Waals surface area contributed by atoms with Crippen molar-refractivity contribution < 1.29 is 0 Å². The molecule has 0 saturated heterocycles. The van der Waals surface area contributed by atoms with Gasteiger partial charge in [-0.25, -0.2) is 0 Å². The highest BCUT2D eigenvalue weighted by molar-refractivity contribution is 7.80. The van der Waals surface area contributed by atoms with Gasteiger partial charge in [-0.05, 0) is 41.4 Å². The molecule has 0 atom stereocenters. The third-order valence-corrected chi connectivity index (χ3v) is 4.59. The van der Waals surface area contributed by atoms with Crippen LogP contribution in [0.1, 0.15) is 5.56 Å². The number of halogens is 1. The topological polar surface area (TPSA) is 41.9 Å². The molecule has 0 aliphatic carbocycles. The summed E-state index contributed by atoms with van der Waals surface area (Å²) >= 11 is 11.5. The SMILES string of the molecule is S=C(Nc1ccn(Cc2cccc(Cl)c2)n1)Nc1cccc2ccccc12. The molecule has 4 nitrogen and oxygen atoms in total. The zero-order chi connectivity index (χ0) is 18.6. The number of rotatable bonds is 4. The minimum Gasteiger partial charge on any atom is -0.332 e. The molecule has 0 aliphatic rings. The predicted molar refractivity (Wildman–Crippen MR) is 117 cm³/mol. The van der Waals surface area contributed by atoms with Gasteiger partial charge in [0, 0.05) is 28.4 Å². The molecule has 1 aromatic heterocycles. The molecule has 1 heterocycles. The zero-order valence-corrected chi connectivity index (χ0v) is 16.0. The molecule has 0 amide bonds. The average molecular weight is 393 g/mol. The van der Waals surface area contributed by atoms with Gasteiger partial charge in [0.1, 0.15) is 0 Å². The van der Waals surface area contributed by atoms with Gasteiger partial charge in [0.15, 0.2) is 10.9 Å². The van der Waals surface area contributed by atoms with Crippen LogP contribution in [-0.4, -0.2) is 14.9 Å². The van der Waals surface area contributed by atoms with E-state index in [9.17, 15) is 0 Å². The van der Waals surface area contributed by atoms with Crippen LogP contribution < -0.4 is 10.6 Å². The van der Waals surface area contributed by atoms with Gasteiger partial charge >= 0.3 is 0 Å². The Hall–Kier alpha value is -2.89. The Labute approximate surface area is 167 Å². The van der Waals surface area contributed by atoms with Gasteiger partial charge < -0.3 is 10.6 Å². The monoisotopic (exact) mass is 392 g/mol. The summed E-state index contributed by atoms with van der Waals surface area (Å²) in [7, 11) is 0. The molecule has 0 fully saturated rings.